The number of carbonyl (C=O) groups excluding carboxylic acids is 1. The molecule has 0 bridgehead atoms. The third kappa shape index (κ3) is 3.28. The average Bonchev–Trinajstić information content (AvgIpc) is 2.80. The smallest absolute Gasteiger partial charge is 0.149 e. The number of nitrogens with one attached hydrogen (secondary N) is 1. The molecule has 3 heteroatoms. The Kier molecular flexibility index (Phi) is 4.15. The topological polar surface area (TPSA) is 38.3 Å². The third-order valence-corrected chi connectivity index (χ3v) is 3.60. The number of Topliss-reactive ketones (excluding diaryl/α,β-unsaturated/α-hetero) is 1. The molecule has 15 heavy (non-hydrogen) atoms. The Bertz CT molecular complexity index is 206. The van der Waals surface area contributed by atoms with Gasteiger partial charge in [0.2, 0.25) is 0 Å². The van der Waals surface area contributed by atoms with Crippen molar-refractivity contribution in [1.82, 2.24) is 5.32 Å². The van der Waals surface area contributed by atoms with Crippen LogP contribution in [0.2, 0.25) is 0 Å². The van der Waals surface area contributed by atoms with Gasteiger partial charge >= 0.3 is 0 Å². The van der Waals surface area contributed by atoms with Crippen LogP contribution in [0.25, 0.3) is 0 Å². The molecule has 1 aliphatic carbocycles. The van der Waals surface area contributed by atoms with Crippen molar-refractivity contribution in [3.63, 3.8) is 0 Å². The molecule has 0 aromatic rings. The Hall–Kier alpha value is -0.410. The Morgan fingerprint density at radius 3 is 2.47 bits per heavy atom. The number of hydrogen-bond donors (Lipinski definition) is 1. The van der Waals surface area contributed by atoms with E-state index >= 15 is 0 Å². The van der Waals surface area contributed by atoms with Gasteiger partial charge in [0.05, 0.1) is 6.54 Å². The molecule has 1 aliphatic heterocycles. The molecular formula is C12H21NO2. The van der Waals surface area contributed by atoms with Gasteiger partial charge in [0.15, 0.2) is 0 Å². The van der Waals surface area contributed by atoms with Crippen LogP contribution in [0.1, 0.15) is 38.5 Å². The van der Waals surface area contributed by atoms with Gasteiger partial charge in [0.1, 0.15) is 5.78 Å². The maximum Gasteiger partial charge on any atom is 0.149 e. The van der Waals surface area contributed by atoms with Crippen molar-refractivity contribution in [3.05, 3.63) is 0 Å². The van der Waals surface area contributed by atoms with Gasteiger partial charge < -0.3 is 10.1 Å². The van der Waals surface area contributed by atoms with Crippen molar-refractivity contribution in [2.45, 2.75) is 44.6 Å². The Balaban J connectivity index is 1.66. The maximum absolute atomic E-state index is 11.8. The predicted molar refractivity (Wildman–Crippen MR) is 58.8 cm³/mol. The summed E-state index contributed by atoms with van der Waals surface area (Å²) in [6.07, 6.45) is 6.99. The van der Waals surface area contributed by atoms with E-state index in [9.17, 15) is 4.79 Å². The molecule has 0 aromatic heterocycles. The summed E-state index contributed by atoms with van der Waals surface area (Å²) in [6.45, 7) is 2.11. The molecule has 2 rings (SSSR count). The first-order valence-corrected chi connectivity index (χ1v) is 6.20. The molecule has 86 valence electrons. The van der Waals surface area contributed by atoms with Crippen molar-refractivity contribution in [2.75, 3.05) is 19.8 Å². The molecule has 0 radical (unpaired) electrons. The minimum absolute atomic E-state index is 0.257. The van der Waals surface area contributed by atoms with Crippen LogP contribution >= 0.6 is 0 Å². The van der Waals surface area contributed by atoms with Gasteiger partial charge in [-0.2, -0.15) is 0 Å². The van der Waals surface area contributed by atoms with E-state index in [4.69, 9.17) is 4.74 Å². The Morgan fingerprint density at radius 1 is 1.13 bits per heavy atom. The molecule has 0 spiro atoms. The van der Waals surface area contributed by atoms with Gasteiger partial charge in [0, 0.05) is 25.2 Å². The van der Waals surface area contributed by atoms with Gasteiger partial charge in [-0.1, -0.05) is 12.8 Å². The summed E-state index contributed by atoms with van der Waals surface area (Å²) in [5.41, 5.74) is 0. The zero-order valence-electron chi connectivity index (χ0n) is 9.34. The summed E-state index contributed by atoms with van der Waals surface area (Å²) in [7, 11) is 0. The van der Waals surface area contributed by atoms with Crippen LogP contribution < -0.4 is 5.32 Å². The lowest BCUT2D eigenvalue weighted by Gasteiger charge is -2.21. The van der Waals surface area contributed by atoms with Crippen LogP contribution in [0.15, 0.2) is 0 Å². The summed E-state index contributed by atoms with van der Waals surface area (Å²) in [6, 6.07) is 0.605. The van der Waals surface area contributed by atoms with Gasteiger partial charge in [0.25, 0.3) is 0 Å². The fourth-order valence-electron chi connectivity index (χ4n) is 2.54. The zero-order chi connectivity index (χ0) is 10.5. The standard InChI is InChI=1S/C12H21NO2/c14-12(10-5-7-15-8-6-10)9-13-11-3-1-2-4-11/h10-11,13H,1-9H2. The van der Waals surface area contributed by atoms with E-state index in [1.807, 2.05) is 0 Å². The first-order chi connectivity index (χ1) is 7.36. The second-order valence-corrected chi connectivity index (χ2v) is 4.72. The molecular weight excluding hydrogens is 190 g/mol. The lowest BCUT2D eigenvalue weighted by Crippen LogP contribution is -2.36. The van der Waals surface area contributed by atoms with Crippen molar-refractivity contribution < 1.29 is 9.53 Å². The zero-order valence-corrected chi connectivity index (χ0v) is 9.34. The van der Waals surface area contributed by atoms with Crippen LogP contribution in [-0.4, -0.2) is 31.6 Å². The minimum Gasteiger partial charge on any atom is -0.381 e. The highest BCUT2D eigenvalue weighted by Crippen LogP contribution is 2.18. The molecule has 1 saturated heterocycles. The summed E-state index contributed by atoms with van der Waals surface area (Å²) in [4.78, 5) is 11.8. The molecule has 1 heterocycles. The van der Waals surface area contributed by atoms with Gasteiger partial charge in [-0.3, -0.25) is 4.79 Å². The highest BCUT2D eigenvalue weighted by atomic mass is 16.5. The van der Waals surface area contributed by atoms with E-state index in [0.717, 1.165) is 26.1 Å². The molecule has 0 atom stereocenters. The first kappa shape index (κ1) is 11.1. The van der Waals surface area contributed by atoms with E-state index in [1.54, 1.807) is 0 Å². The number of hydrogen-bond acceptors (Lipinski definition) is 3. The second kappa shape index (κ2) is 5.61. The van der Waals surface area contributed by atoms with Crippen LogP contribution in [-0.2, 0) is 9.53 Å². The average molecular weight is 211 g/mol. The quantitative estimate of drug-likeness (QED) is 0.766. The molecule has 0 amide bonds. The van der Waals surface area contributed by atoms with E-state index < -0.39 is 0 Å². The number of ketones is 1. The normalized spacial score (nSPS) is 24.5. The predicted octanol–water partition coefficient (Wildman–Crippen LogP) is 1.51. The van der Waals surface area contributed by atoms with E-state index in [-0.39, 0.29) is 5.92 Å². The number of rotatable bonds is 4. The van der Waals surface area contributed by atoms with E-state index in [1.165, 1.54) is 25.7 Å². The number of ether oxygens (including phenoxy) is 1. The molecule has 1 saturated carbocycles. The van der Waals surface area contributed by atoms with Crippen molar-refractivity contribution in [2.24, 2.45) is 5.92 Å². The molecule has 3 nitrogen and oxygen atoms in total. The lowest BCUT2D eigenvalue weighted by atomic mass is 9.95. The second-order valence-electron chi connectivity index (χ2n) is 4.72. The van der Waals surface area contributed by atoms with Crippen LogP contribution in [0.5, 0.6) is 0 Å². The molecule has 0 aromatic carbocycles. The van der Waals surface area contributed by atoms with Crippen LogP contribution in [0.4, 0.5) is 0 Å². The fourth-order valence-corrected chi connectivity index (χ4v) is 2.54. The van der Waals surface area contributed by atoms with Crippen LogP contribution in [0, 0.1) is 5.92 Å². The first-order valence-electron chi connectivity index (χ1n) is 6.20. The van der Waals surface area contributed by atoms with Gasteiger partial charge in [-0.25, -0.2) is 0 Å². The van der Waals surface area contributed by atoms with Crippen molar-refractivity contribution in [3.8, 4) is 0 Å². The Morgan fingerprint density at radius 2 is 1.80 bits per heavy atom. The summed E-state index contributed by atoms with van der Waals surface area (Å²) in [5.74, 6) is 0.651. The summed E-state index contributed by atoms with van der Waals surface area (Å²) < 4.78 is 5.26. The molecule has 1 N–H and O–H groups in total. The minimum atomic E-state index is 0.257. The summed E-state index contributed by atoms with van der Waals surface area (Å²) >= 11 is 0. The maximum atomic E-state index is 11.8. The van der Waals surface area contributed by atoms with Crippen LogP contribution in [0.3, 0.4) is 0 Å². The highest BCUT2D eigenvalue weighted by molar-refractivity contribution is 5.83. The monoisotopic (exact) mass is 211 g/mol. The SMILES string of the molecule is O=C(CNC1CCCC1)C1CCOCC1. The largest absolute Gasteiger partial charge is 0.381 e. The Labute approximate surface area is 91.6 Å². The van der Waals surface area contributed by atoms with E-state index in [2.05, 4.69) is 5.32 Å². The van der Waals surface area contributed by atoms with Crippen molar-refractivity contribution in [1.29, 1.82) is 0 Å². The van der Waals surface area contributed by atoms with Crippen molar-refractivity contribution >= 4 is 5.78 Å². The molecule has 2 fully saturated rings. The molecule has 2 aliphatic rings. The fraction of sp³-hybridized carbons (Fsp3) is 0.917. The van der Waals surface area contributed by atoms with Gasteiger partial charge in [-0.15, -0.1) is 0 Å². The molecule has 0 unspecified atom stereocenters. The van der Waals surface area contributed by atoms with Gasteiger partial charge in [-0.05, 0) is 25.7 Å². The third-order valence-electron chi connectivity index (χ3n) is 3.60. The summed E-state index contributed by atoms with van der Waals surface area (Å²) in [5, 5.41) is 3.39. The van der Waals surface area contributed by atoms with E-state index in [0.29, 0.717) is 18.4 Å². The highest BCUT2D eigenvalue weighted by Gasteiger charge is 2.22. The lowest BCUT2D eigenvalue weighted by molar-refractivity contribution is -0.124. The number of carbonyl (C=O) groups is 1.